The molecule has 1 aliphatic carbocycles. The highest BCUT2D eigenvalue weighted by Crippen LogP contribution is 2.48. The number of alkyl halides is 2. The van der Waals surface area contributed by atoms with E-state index in [1.165, 1.54) is 0 Å². The SMILES string of the molecule is COc1cc(OCC2CC2(F)F)ccc1Br. The van der Waals surface area contributed by atoms with Crippen molar-refractivity contribution in [3.63, 3.8) is 0 Å². The number of methoxy groups -OCH3 is 1. The molecular formula is C11H11BrF2O2. The van der Waals surface area contributed by atoms with Crippen molar-refractivity contribution >= 4 is 15.9 Å². The van der Waals surface area contributed by atoms with Crippen LogP contribution >= 0.6 is 15.9 Å². The van der Waals surface area contributed by atoms with Crippen LogP contribution < -0.4 is 9.47 Å². The lowest BCUT2D eigenvalue weighted by Gasteiger charge is -2.08. The first-order chi connectivity index (χ1) is 7.53. The predicted octanol–water partition coefficient (Wildman–Crippen LogP) is 3.49. The minimum absolute atomic E-state index is 0.0534. The van der Waals surface area contributed by atoms with Gasteiger partial charge in [0.05, 0.1) is 24.1 Å². The molecule has 1 aliphatic rings. The van der Waals surface area contributed by atoms with Crippen molar-refractivity contribution in [3.05, 3.63) is 22.7 Å². The van der Waals surface area contributed by atoms with Crippen molar-refractivity contribution in [2.24, 2.45) is 5.92 Å². The Morgan fingerprint density at radius 2 is 2.19 bits per heavy atom. The van der Waals surface area contributed by atoms with Crippen molar-refractivity contribution in [1.82, 2.24) is 0 Å². The first kappa shape index (κ1) is 11.6. The number of rotatable bonds is 4. The highest BCUT2D eigenvalue weighted by Gasteiger charge is 2.57. The second kappa shape index (κ2) is 4.20. The summed E-state index contributed by atoms with van der Waals surface area (Å²) in [6.07, 6.45) is -0.0688. The zero-order valence-electron chi connectivity index (χ0n) is 8.67. The fourth-order valence-electron chi connectivity index (χ4n) is 1.38. The third-order valence-electron chi connectivity index (χ3n) is 2.53. The Labute approximate surface area is 101 Å². The van der Waals surface area contributed by atoms with Crippen LogP contribution in [0.25, 0.3) is 0 Å². The first-order valence-electron chi connectivity index (χ1n) is 4.87. The van der Waals surface area contributed by atoms with Gasteiger partial charge in [-0.2, -0.15) is 0 Å². The van der Waals surface area contributed by atoms with Crippen LogP contribution in [0.3, 0.4) is 0 Å². The fourth-order valence-corrected chi connectivity index (χ4v) is 1.79. The molecule has 1 aromatic carbocycles. The molecule has 0 saturated heterocycles. The van der Waals surface area contributed by atoms with E-state index in [4.69, 9.17) is 9.47 Å². The van der Waals surface area contributed by atoms with E-state index in [1.54, 1.807) is 25.3 Å². The Morgan fingerprint density at radius 3 is 2.75 bits per heavy atom. The Morgan fingerprint density at radius 1 is 1.50 bits per heavy atom. The van der Waals surface area contributed by atoms with Gasteiger partial charge in [-0.05, 0) is 28.1 Å². The summed E-state index contributed by atoms with van der Waals surface area (Å²) in [7, 11) is 1.54. The second-order valence-corrected chi connectivity index (χ2v) is 4.62. The van der Waals surface area contributed by atoms with Crippen molar-refractivity contribution < 1.29 is 18.3 Å². The van der Waals surface area contributed by atoms with E-state index in [0.717, 1.165) is 4.47 Å². The van der Waals surface area contributed by atoms with E-state index in [-0.39, 0.29) is 13.0 Å². The molecule has 16 heavy (non-hydrogen) atoms. The molecule has 1 aromatic rings. The van der Waals surface area contributed by atoms with Crippen LogP contribution in [0.2, 0.25) is 0 Å². The molecule has 88 valence electrons. The molecule has 0 amide bonds. The van der Waals surface area contributed by atoms with Crippen molar-refractivity contribution in [1.29, 1.82) is 0 Å². The topological polar surface area (TPSA) is 18.5 Å². The average molecular weight is 293 g/mol. The van der Waals surface area contributed by atoms with Gasteiger partial charge >= 0.3 is 0 Å². The molecule has 0 radical (unpaired) electrons. The van der Waals surface area contributed by atoms with E-state index in [2.05, 4.69) is 15.9 Å². The Kier molecular flexibility index (Phi) is 3.06. The normalized spacial score (nSPS) is 21.6. The van der Waals surface area contributed by atoms with Gasteiger partial charge in [-0.3, -0.25) is 0 Å². The van der Waals surface area contributed by atoms with Crippen LogP contribution in [0.4, 0.5) is 8.78 Å². The third-order valence-corrected chi connectivity index (χ3v) is 3.18. The highest BCUT2D eigenvalue weighted by molar-refractivity contribution is 9.10. The van der Waals surface area contributed by atoms with Gasteiger partial charge < -0.3 is 9.47 Å². The lowest BCUT2D eigenvalue weighted by molar-refractivity contribution is 0.0856. The summed E-state index contributed by atoms with van der Waals surface area (Å²) in [5.41, 5.74) is 0. The summed E-state index contributed by atoms with van der Waals surface area (Å²) < 4.78 is 36.4. The van der Waals surface area contributed by atoms with Crippen LogP contribution in [-0.4, -0.2) is 19.6 Å². The largest absolute Gasteiger partial charge is 0.495 e. The maximum atomic E-state index is 12.6. The van der Waals surface area contributed by atoms with Crippen LogP contribution in [0.1, 0.15) is 6.42 Å². The zero-order valence-corrected chi connectivity index (χ0v) is 10.3. The smallest absolute Gasteiger partial charge is 0.255 e. The molecule has 0 spiro atoms. The summed E-state index contributed by atoms with van der Waals surface area (Å²) in [6.45, 7) is 0.0534. The molecule has 2 rings (SSSR count). The molecule has 0 bridgehead atoms. The summed E-state index contributed by atoms with van der Waals surface area (Å²) >= 11 is 3.30. The Hall–Kier alpha value is -0.840. The monoisotopic (exact) mass is 292 g/mol. The maximum Gasteiger partial charge on any atom is 0.255 e. The summed E-state index contributed by atoms with van der Waals surface area (Å²) in [4.78, 5) is 0. The number of halogens is 3. The summed E-state index contributed by atoms with van der Waals surface area (Å²) in [5.74, 6) is -2.00. The minimum Gasteiger partial charge on any atom is -0.495 e. The van der Waals surface area contributed by atoms with Crippen LogP contribution in [0.15, 0.2) is 22.7 Å². The zero-order chi connectivity index (χ0) is 11.8. The Bertz CT molecular complexity index is 396. The van der Waals surface area contributed by atoms with Gasteiger partial charge in [0.2, 0.25) is 0 Å². The Balaban J connectivity index is 1.95. The molecule has 0 heterocycles. The van der Waals surface area contributed by atoms with E-state index >= 15 is 0 Å². The van der Waals surface area contributed by atoms with E-state index in [9.17, 15) is 8.78 Å². The number of ether oxygens (including phenoxy) is 2. The van der Waals surface area contributed by atoms with Crippen LogP contribution in [0, 0.1) is 5.92 Å². The molecule has 1 fully saturated rings. The summed E-state index contributed by atoms with van der Waals surface area (Å²) in [6, 6.07) is 5.15. The lowest BCUT2D eigenvalue weighted by atomic mass is 10.3. The third kappa shape index (κ3) is 2.45. The van der Waals surface area contributed by atoms with Gasteiger partial charge in [-0.1, -0.05) is 0 Å². The quantitative estimate of drug-likeness (QED) is 0.846. The molecule has 1 unspecified atom stereocenters. The lowest BCUT2D eigenvalue weighted by Crippen LogP contribution is -2.05. The van der Waals surface area contributed by atoms with Gasteiger partial charge in [0, 0.05) is 12.5 Å². The van der Waals surface area contributed by atoms with E-state index < -0.39 is 11.8 Å². The number of hydrogen-bond acceptors (Lipinski definition) is 2. The predicted molar refractivity (Wildman–Crippen MR) is 59.2 cm³/mol. The minimum atomic E-state index is -2.53. The fraction of sp³-hybridized carbons (Fsp3) is 0.455. The van der Waals surface area contributed by atoms with Gasteiger partial charge in [-0.15, -0.1) is 0 Å². The van der Waals surface area contributed by atoms with Crippen LogP contribution in [0.5, 0.6) is 11.5 Å². The first-order valence-corrected chi connectivity index (χ1v) is 5.66. The van der Waals surface area contributed by atoms with Crippen molar-refractivity contribution in [2.75, 3.05) is 13.7 Å². The van der Waals surface area contributed by atoms with Crippen LogP contribution in [-0.2, 0) is 0 Å². The highest BCUT2D eigenvalue weighted by atomic mass is 79.9. The second-order valence-electron chi connectivity index (χ2n) is 3.77. The van der Waals surface area contributed by atoms with Crippen molar-refractivity contribution in [3.8, 4) is 11.5 Å². The van der Waals surface area contributed by atoms with Gasteiger partial charge in [0.1, 0.15) is 11.5 Å². The van der Waals surface area contributed by atoms with E-state index in [1.807, 2.05) is 0 Å². The van der Waals surface area contributed by atoms with Gasteiger partial charge in [-0.25, -0.2) is 8.78 Å². The molecular weight excluding hydrogens is 282 g/mol. The number of hydrogen-bond donors (Lipinski definition) is 0. The van der Waals surface area contributed by atoms with Gasteiger partial charge in [0.25, 0.3) is 5.92 Å². The molecule has 1 atom stereocenters. The standard InChI is InChI=1S/C11H11BrF2O2/c1-15-10-4-8(2-3-9(10)12)16-6-7-5-11(7,13)14/h2-4,7H,5-6H2,1H3. The molecule has 0 N–H and O–H groups in total. The molecule has 1 saturated carbocycles. The molecule has 5 heteroatoms. The molecule has 0 aromatic heterocycles. The summed E-state index contributed by atoms with van der Waals surface area (Å²) in [5, 5.41) is 0. The van der Waals surface area contributed by atoms with Crippen molar-refractivity contribution in [2.45, 2.75) is 12.3 Å². The molecule has 0 aliphatic heterocycles. The average Bonchev–Trinajstić information content (AvgIpc) is 2.85. The molecule has 2 nitrogen and oxygen atoms in total. The van der Waals surface area contributed by atoms with Gasteiger partial charge in [0.15, 0.2) is 0 Å². The maximum absolute atomic E-state index is 12.6. The number of benzene rings is 1. The van der Waals surface area contributed by atoms with E-state index in [0.29, 0.717) is 11.5 Å².